The molecule has 6 nitrogen and oxygen atoms in total. The molecule has 1 heterocycles. The van der Waals surface area contributed by atoms with Gasteiger partial charge in [-0.2, -0.15) is 4.31 Å². The molecule has 0 bridgehead atoms. The van der Waals surface area contributed by atoms with E-state index in [1.807, 2.05) is 0 Å². The third-order valence-corrected chi connectivity index (χ3v) is 6.56. The third-order valence-electron chi connectivity index (χ3n) is 4.41. The topological polar surface area (TPSA) is 69.7 Å². The number of nitrogens with one attached hydrogen (secondary N) is 1. The van der Waals surface area contributed by atoms with Crippen LogP contribution in [-0.4, -0.2) is 49.8 Å². The second kappa shape index (κ2) is 8.60. The van der Waals surface area contributed by atoms with Crippen molar-refractivity contribution in [1.29, 1.82) is 0 Å². The fraction of sp³-hybridized carbons (Fsp3) is 0.278. The molecular weight excluding hydrogens is 431 g/mol. The molecule has 29 heavy (non-hydrogen) atoms. The Bertz CT molecular complexity index is 1040. The number of hydrogen-bond donors (Lipinski definition) is 1. The predicted octanol–water partition coefficient (Wildman–Crippen LogP) is 3.69. The minimum atomic E-state index is -4.39. The number of sulfonamides is 1. The van der Waals surface area contributed by atoms with Crippen LogP contribution in [0, 0.1) is 17.5 Å². The summed E-state index contributed by atoms with van der Waals surface area (Å²) in [6, 6.07) is 6.64. The van der Waals surface area contributed by atoms with Crippen LogP contribution in [0.2, 0.25) is 5.02 Å². The van der Waals surface area contributed by atoms with Crippen molar-refractivity contribution in [2.24, 2.45) is 0 Å². The van der Waals surface area contributed by atoms with Crippen molar-refractivity contribution >= 4 is 33.3 Å². The molecule has 0 spiro atoms. The third kappa shape index (κ3) is 4.82. The normalized spacial score (nSPS) is 15.8. The average Bonchev–Trinajstić information content (AvgIpc) is 2.91. The summed E-state index contributed by atoms with van der Waals surface area (Å²) in [6.07, 6.45) is 0.285. The van der Waals surface area contributed by atoms with Crippen molar-refractivity contribution in [2.45, 2.75) is 11.3 Å². The average molecular weight is 448 g/mol. The second-order valence-corrected chi connectivity index (χ2v) is 8.72. The van der Waals surface area contributed by atoms with Gasteiger partial charge in [-0.1, -0.05) is 17.7 Å². The Balaban J connectivity index is 1.72. The van der Waals surface area contributed by atoms with Crippen molar-refractivity contribution in [1.82, 2.24) is 9.21 Å². The van der Waals surface area contributed by atoms with Crippen molar-refractivity contribution < 1.29 is 26.4 Å². The maximum atomic E-state index is 14.0. The summed E-state index contributed by atoms with van der Waals surface area (Å²) in [5, 5.41) is 3.12. The number of anilines is 1. The number of benzene rings is 2. The van der Waals surface area contributed by atoms with E-state index in [0.29, 0.717) is 16.8 Å². The van der Waals surface area contributed by atoms with E-state index in [1.54, 1.807) is 24.3 Å². The molecule has 156 valence electrons. The van der Waals surface area contributed by atoms with Gasteiger partial charge >= 0.3 is 6.03 Å². The molecule has 0 atom stereocenters. The Morgan fingerprint density at radius 3 is 2.41 bits per heavy atom. The first-order chi connectivity index (χ1) is 13.7. The number of rotatable bonds is 3. The van der Waals surface area contributed by atoms with Crippen LogP contribution in [0.15, 0.2) is 41.3 Å². The van der Waals surface area contributed by atoms with Crippen LogP contribution in [-0.2, 0) is 10.0 Å². The number of amides is 2. The zero-order valence-corrected chi connectivity index (χ0v) is 16.6. The minimum Gasteiger partial charge on any atom is -0.323 e. The Kier molecular flexibility index (Phi) is 6.35. The monoisotopic (exact) mass is 447 g/mol. The van der Waals surface area contributed by atoms with Crippen LogP contribution in [0.25, 0.3) is 0 Å². The van der Waals surface area contributed by atoms with Gasteiger partial charge in [0, 0.05) is 43.0 Å². The fourth-order valence-corrected chi connectivity index (χ4v) is 4.66. The molecule has 0 radical (unpaired) electrons. The molecule has 3 rings (SSSR count). The van der Waals surface area contributed by atoms with E-state index in [2.05, 4.69) is 5.32 Å². The summed E-state index contributed by atoms with van der Waals surface area (Å²) in [5.74, 6) is -4.30. The molecule has 1 saturated heterocycles. The van der Waals surface area contributed by atoms with Gasteiger partial charge in [0.15, 0.2) is 11.6 Å². The SMILES string of the molecule is O=C(Nc1cccc(Cl)c1)N1CCCN(S(=O)(=O)c2cc(F)c(F)cc2F)CC1. The van der Waals surface area contributed by atoms with Gasteiger partial charge in [0.1, 0.15) is 10.7 Å². The van der Waals surface area contributed by atoms with Gasteiger partial charge in [0.25, 0.3) is 0 Å². The van der Waals surface area contributed by atoms with Gasteiger partial charge in [-0.15, -0.1) is 0 Å². The summed E-state index contributed by atoms with van der Waals surface area (Å²) < 4.78 is 66.9. The van der Waals surface area contributed by atoms with Crippen LogP contribution in [0.5, 0.6) is 0 Å². The summed E-state index contributed by atoms with van der Waals surface area (Å²) in [7, 11) is -4.39. The van der Waals surface area contributed by atoms with E-state index in [-0.39, 0.29) is 38.7 Å². The first kappa shape index (κ1) is 21.4. The molecule has 2 amide bonds. The Hall–Kier alpha value is -2.30. The molecule has 1 aliphatic rings. The van der Waals surface area contributed by atoms with Gasteiger partial charge in [-0.25, -0.2) is 26.4 Å². The van der Waals surface area contributed by atoms with E-state index < -0.39 is 38.4 Å². The van der Waals surface area contributed by atoms with Gasteiger partial charge in [0.05, 0.1) is 0 Å². The Morgan fingerprint density at radius 2 is 1.69 bits per heavy atom. The highest BCUT2D eigenvalue weighted by molar-refractivity contribution is 7.89. The van der Waals surface area contributed by atoms with Crippen LogP contribution in [0.1, 0.15) is 6.42 Å². The van der Waals surface area contributed by atoms with Gasteiger partial charge in [-0.05, 0) is 30.7 Å². The largest absolute Gasteiger partial charge is 0.323 e. The number of urea groups is 1. The van der Waals surface area contributed by atoms with Crippen molar-refractivity contribution in [3.63, 3.8) is 0 Å². The number of hydrogen-bond acceptors (Lipinski definition) is 3. The van der Waals surface area contributed by atoms with Crippen LogP contribution < -0.4 is 5.32 Å². The first-order valence-corrected chi connectivity index (χ1v) is 10.5. The van der Waals surface area contributed by atoms with Gasteiger partial charge in [0.2, 0.25) is 10.0 Å². The molecular formula is C18H17ClF3N3O3S. The lowest BCUT2D eigenvalue weighted by molar-refractivity contribution is 0.214. The Labute approximate surface area is 170 Å². The number of halogens is 4. The standard InChI is InChI=1S/C18H17ClF3N3O3S/c19-12-3-1-4-13(9-12)23-18(26)24-5-2-6-25(8-7-24)29(27,28)17-11-15(21)14(20)10-16(17)22/h1,3-4,9-11H,2,5-8H2,(H,23,26). The van der Waals surface area contributed by atoms with Crippen molar-refractivity contribution in [3.05, 3.63) is 58.9 Å². The minimum absolute atomic E-state index is 0.00170. The van der Waals surface area contributed by atoms with Crippen LogP contribution in [0.3, 0.4) is 0 Å². The highest BCUT2D eigenvalue weighted by Gasteiger charge is 2.31. The molecule has 0 saturated carbocycles. The molecule has 1 fully saturated rings. The quantitative estimate of drug-likeness (QED) is 0.730. The fourth-order valence-electron chi connectivity index (χ4n) is 2.95. The molecule has 0 aliphatic carbocycles. The van der Waals surface area contributed by atoms with Gasteiger partial charge < -0.3 is 10.2 Å². The van der Waals surface area contributed by atoms with E-state index in [9.17, 15) is 26.4 Å². The lowest BCUT2D eigenvalue weighted by atomic mass is 10.3. The molecule has 0 unspecified atom stereocenters. The second-order valence-electron chi connectivity index (χ2n) is 6.38. The molecule has 11 heteroatoms. The molecule has 1 N–H and O–H groups in total. The lowest BCUT2D eigenvalue weighted by Gasteiger charge is -2.22. The maximum absolute atomic E-state index is 14.0. The van der Waals surface area contributed by atoms with Crippen LogP contribution in [0.4, 0.5) is 23.7 Å². The van der Waals surface area contributed by atoms with E-state index in [4.69, 9.17) is 11.6 Å². The van der Waals surface area contributed by atoms with Crippen LogP contribution >= 0.6 is 11.6 Å². The van der Waals surface area contributed by atoms with E-state index in [1.165, 1.54) is 4.90 Å². The smallest absolute Gasteiger partial charge is 0.321 e. The maximum Gasteiger partial charge on any atom is 0.321 e. The number of nitrogens with zero attached hydrogens (tertiary/aromatic N) is 2. The zero-order valence-electron chi connectivity index (χ0n) is 15.0. The molecule has 0 aromatic heterocycles. The number of carbonyl (C=O) groups is 1. The van der Waals surface area contributed by atoms with E-state index >= 15 is 0 Å². The summed E-state index contributed by atoms with van der Waals surface area (Å²) in [4.78, 5) is 12.9. The lowest BCUT2D eigenvalue weighted by Crippen LogP contribution is -2.39. The van der Waals surface area contributed by atoms with E-state index in [0.717, 1.165) is 4.31 Å². The van der Waals surface area contributed by atoms with Crippen molar-refractivity contribution in [2.75, 3.05) is 31.5 Å². The zero-order chi connectivity index (χ0) is 21.2. The highest BCUT2D eigenvalue weighted by Crippen LogP contribution is 2.23. The highest BCUT2D eigenvalue weighted by atomic mass is 35.5. The molecule has 2 aromatic rings. The van der Waals surface area contributed by atoms with Gasteiger partial charge in [-0.3, -0.25) is 0 Å². The van der Waals surface area contributed by atoms with Crippen molar-refractivity contribution in [3.8, 4) is 0 Å². The molecule has 1 aliphatic heterocycles. The summed E-state index contributed by atoms with van der Waals surface area (Å²) in [5.41, 5.74) is 0.486. The predicted molar refractivity (Wildman–Crippen MR) is 102 cm³/mol. The molecule has 2 aromatic carbocycles. The first-order valence-electron chi connectivity index (χ1n) is 8.64. The number of carbonyl (C=O) groups excluding carboxylic acids is 1. The summed E-state index contributed by atoms with van der Waals surface area (Å²) in [6.45, 7) is 0.182. The summed E-state index contributed by atoms with van der Waals surface area (Å²) >= 11 is 5.88. The Morgan fingerprint density at radius 1 is 0.966 bits per heavy atom.